The fourth-order valence-electron chi connectivity index (χ4n) is 3.03. The summed E-state index contributed by atoms with van der Waals surface area (Å²) in [6.07, 6.45) is -12.9. The van der Waals surface area contributed by atoms with E-state index in [0.29, 0.717) is 5.56 Å². The summed E-state index contributed by atoms with van der Waals surface area (Å²) in [5.74, 6) is -0.470. The summed E-state index contributed by atoms with van der Waals surface area (Å²) in [4.78, 5) is 0. The number of aromatic amines is 1. The summed E-state index contributed by atoms with van der Waals surface area (Å²) < 4.78 is 50.7. The molecular weight excluding hydrogens is 1310 g/mol. The molecule has 15 heteroatoms. The van der Waals surface area contributed by atoms with Crippen LogP contribution in [0.2, 0.25) is 0 Å². The minimum absolute atomic E-state index is 0. The summed E-state index contributed by atoms with van der Waals surface area (Å²) in [5.41, 5.74) is 0.0897. The second-order valence-electron chi connectivity index (χ2n) is 6.86. The number of H-pyrrole nitrogens is 1. The first kappa shape index (κ1) is 38.7. The molecular formula is C18H21Ac4F3N2O6. The van der Waals surface area contributed by atoms with Gasteiger partial charge in [-0.1, -0.05) is 29.8 Å². The van der Waals surface area contributed by atoms with Crippen LogP contribution in [0.25, 0.3) is 0 Å². The van der Waals surface area contributed by atoms with Gasteiger partial charge in [-0.3, -0.25) is 5.10 Å². The molecule has 2 aromatic rings. The van der Waals surface area contributed by atoms with Crippen molar-refractivity contribution in [1.29, 1.82) is 0 Å². The standard InChI is InChI=1S/C18H21F3N2O6.4Ac/c1-8-2-4-9(5-3-8)6-10-15(18(19,20)21)22-23-16(10)29-17-14(27)13(26)12(25)11(7-24)28-17;;;;/h2-5,11-14,17,24-27H,6-7H2,1H3,(H,22,23);;;;/t11-,12-,13+,14-,17+;;;;/m1..../s1. The third-order valence-electron chi connectivity index (χ3n) is 4.69. The van der Waals surface area contributed by atoms with Crippen molar-refractivity contribution in [3.63, 3.8) is 0 Å². The normalized spacial score (nSPS) is 24.4. The van der Waals surface area contributed by atoms with Gasteiger partial charge in [-0.2, -0.15) is 13.2 Å². The number of hydrogen-bond donors (Lipinski definition) is 5. The van der Waals surface area contributed by atoms with Gasteiger partial charge in [0.1, 0.15) is 30.1 Å². The van der Waals surface area contributed by atoms with Crippen molar-refractivity contribution >= 4 is 0 Å². The molecule has 0 unspecified atom stereocenters. The summed E-state index contributed by atoms with van der Waals surface area (Å²) in [5, 5.41) is 44.4. The largest absolute Gasteiger partial charge is 0.443 e. The molecule has 2 heterocycles. The molecule has 0 amide bonds. The molecule has 4 radical (unpaired) electrons. The zero-order valence-electron chi connectivity index (χ0n) is 17.6. The molecule has 1 saturated heterocycles. The fraction of sp³-hybridized carbons (Fsp3) is 0.500. The molecule has 0 spiro atoms. The van der Waals surface area contributed by atoms with Gasteiger partial charge < -0.3 is 29.9 Å². The van der Waals surface area contributed by atoms with Gasteiger partial charge in [-0.05, 0) is 12.5 Å². The van der Waals surface area contributed by atoms with Gasteiger partial charge in [0.2, 0.25) is 12.2 Å². The van der Waals surface area contributed by atoms with Gasteiger partial charge in [0.15, 0.2) is 0 Å². The van der Waals surface area contributed by atoms with E-state index in [9.17, 15) is 33.6 Å². The minimum atomic E-state index is -4.73. The van der Waals surface area contributed by atoms with E-state index in [-0.39, 0.29) is 188 Å². The number of aliphatic hydroxyl groups is 4. The van der Waals surface area contributed by atoms with Crippen molar-refractivity contribution in [2.24, 2.45) is 0 Å². The van der Waals surface area contributed by atoms with E-state index in [1.165, 1.54) is 0 Å². The molecule has 3 rings (SSSR count). The Balaban J connectivity index is 0. The monoisotopic (exact) mass is 1330 g/mol. The van der Waals surface area contributed by atoms with E-state index in [1.54, 1.807) is 24.3 Å². The molecule has 1 aliphatic heterocycles. The van der Waals surface area contributed by atoms with E-state index in [4.69, 9.17) is 9.47 Å². The Kier molecular flexibility index (Phi) is 20.3. The van der Waals surface area contributed by atoms with Crippen molar-refractivity contribution in [2.45, 2.75) is 50.2 Å². The zero-order chi connectivity index (χ0) is 21.3. The Morgan fingerprint density at radius 2 is 1.58 bits per heavy atom. The summed E-state index contributed by atoms with van der Waals surface area (Å²) in [6, 6.07) is 6.84. The Labute approximate surface area is 331 Å². The van der Waals surface area contributed by atoms with Gasteiger partial charge in [-0.15, -0.1) is 5.10 Å². The minimum Gasteiger partial charge on any atom is -0.443 e. The first-order valence-corrected chi connectivity index (χ1v) is 8.79. The third-order valence-corrected chi connectivity index (χ3v) is 4.69. The van der Waals surface area contributed by atoms with Crippen LogP contribution in [0.4, 0.5) is 13.2 Å². The molecule has 8 nitrogen and oxygen atoms in total. The van der Waals surface area contributed by atoms with Crippen LogP contribution in [0.1, 0.15) is 22.4 Å². The number of ether oxygens (including phenoxy) is 2. The smallest absolute Gasteiger partial charge is 0.433 e. The maximum absolute atomic E-state index is 13.4. The predicted molar refractivity (Wildman–Crippen MR) is 92.0 cm³/mol. The molecule has 1 aromatic carbocycles. The Morgan fingerprint density at radius 1 is 1.00 bits per heavy atom. The number of aromatic nitrogens is 2. The first-order chi connectivity index (χ1) is 13.6. The SMILES string of the molecule is Cc1ccc(Cc2c(O[C@@H]3O[C@H](CO)[C@@H](O)[C@H](O)[C@H]3O)n[nH]c2C(F)(F)F)cc1.[Ac].[Ac].[Ac].[Ac]. The third kappa shape index (κ3) is 10.2. The summed E-state index contributed by atoms with van der Waals surface area (Å²) in [6.45, 7) is 1.14. The van der Waals surface area contributed by atoms with Crippen LogP contribution in [0.5, 0.6) is 5.88 Å². The number of aliphatic hydroxyl groups excluding tert-OH is 4. The van der Waals surface area contributed by atoms with Gasteiger partial charge in [0, 0.05) is 183 Å². The van der Waals surface area contributed by atoms with E-state index < -0.39 is 55.1 Å². The van der Waals surface area contributed by atoms with Crippen LogP contribution in [-0.2, 0) is 17.3 Å². The second kappa shape index (κ2) is 17.3. The first-order valence-electron chi connectivity index (χ1n) is 8.79. The Hall–Kier alpha value is 3.59. The van der Waals surface area contributed by atoms with Crippen LogP contribution in [0.15, 0.2) is 24.3 Å². The van der Waals surface area contributed by atoms with Crippen molar-refractivity contribution in [1.82, 2.24) is 10.2 Å². The Morgan fingerprint density at radius 3 is 2.09 bits per heavy atom. The zero-order valence-corrected chi connectivity index (χ0v) is 36.6. The molecule has 1 fully saturated rings. The number of aryl methyl sites for hydroxylation is 1. The molecule has 172 valence electrons. The molecule has 0 saturated carbocycles. The quantitative estimate of drug-likeness (QED) is 0.296. The number of alkyl halides is 3. The van der Waals surface area contributed by atoms with Crippen molar-refractivity contribution < 1.29 is 219 Å². The van der Waals surface area contributed by atoms with Gasteiger partial charge >= 0.3 is 6.18 Å². The number of nitrogens with zero attached hydrogens (tertiary/aromatic N) is 1. The van der Waals surface area contributed by atoms with Crippen LogP contribution >= 0.6 is 0 Å². The molecule has 1 aromatic heterocycles. The van der Waals surface area contributed by atoms with Crippen molar-refractivity contribution in [3.8, 4) is 5.88 Å². The molecule has 5 atom stereocenters. The van der Waals surface area contributed by atoms with Crippen molar-refractivity contribution in [3.05, 3.63) is 46.6 Å². The Bertz CT molecular complexity index is 842. The second-order valence-corrected chi connectivity index (χ2v) is 6.86. The van der Waals surface area contributed by atoms with E-state index in [0.717, 1.165) is 5.56 Å². The predicted octanol–water partition coefficient (Wildman–Crippen LogP) is 0.506. The fourth-order valence-corrected chi connectivity index (χ4v) is 3.03. The van der Waals surface area contributed by atoms with E-state index >= 15 is 0 Å². The molecule has 33 heavy (non-hydrogen) atoms. The van der Waals surface area contributed by atoms with Crippen molar-refractivity contribution in [2.75, 3.05) is 6.61 Å². The molecule has 0 bridgehead atoms. The maximum atomic E-state index is 13.4. The number of nitrogens with one attached hydrogen (secondary N) is 1. The maximum Gasteiger partial charge on any atom is 0.433 e. The van der Waals surface area contributed by atoms with Gasteiger partial charge in [0.05, 0.1) is 12.2 Å². The van der Waals surface area contributed by atoms with E-state index in [2.05, 4.69) is 5.10 Å². The van der Waals surface area contributed by atoms with Crippen LogP contribution in [0.3, 0.4) is 0 Å². The number of rotatable bonds is 5. The number of halogens is 3. The van der Waals surface area contributed by atoms with Gasteiger partial charge in [0.25, 0.3) is 0 Å². The average Bonchev–Trinajstić information content (AvgIpc) is 3.06. The van der Waals surface area contributed by atoms with Crippen LogP contribution in [-0.4, -0.2) is 67.9 Å². The van der Waals surface area contributed by atoms with Crippen LogP contribution in [0, 0.1) is 183 Å². The summed E-state index contributed by atoms with van der Waals surface area (Å²) in [7, 11) is 0. The topological polar surface area (TPSA) is 128 Å². The summed E-state index contributed by atoms with van der Waals surface area (Å²) >= 11 is 0. The number of hydrogen-bond acceptors (Lipinski definition) is 7. The molecule has 1 aliphatic rings. The molecule has 5 N–H and O–H groups in total. The molecule has 0 aliphatic carbocycles. The van der Waals surface area contributed by atoms with E-state index in [1.807, 2.05) is 12.0 Å². The van der Waals surface area contributed by atoms with Crippen LogP contribution < -0.4 is 4.74 Å². The van der Waals surface area contributed by atoms with Gasteiger partial charge in [-0.25, -0.2) is 0 Å². The number of benzene rings is 1. The average molecular weight is 1330 g/mol.